The van der Waals surface area contributed by atoms with Gasteiger partial charge in [-0.3, -0.25) is 0 Å². The molecule has 0 N–H and O–H groups in total. The summed E-state index contributed by atoms with van der Waals surface area (Å²) >= 11 is 0. The topological polar surface area (TPSA) is 9.23 Å². The van der Waals surface area contributed by atoms with Crippen LogP contribution in [0.15, 0.2) is 42.5 Å². The van der Waals surface area contributed by atoms with Crippen molar-refractivity contribution in [1.82, 2.24) is 0 Å². The Labute approximate surface area is 89.3 Å². The molecule has 0 spiro atoms. The molecule has 2 aromatic rings. The van der Waals surface area contributed by atoms with Crippen LogP contribution in [0.25, 0.3) is 11.1 Å². The van der Waals surface area contributed by atoms with Crippen molar-refractivity contribution in [2.24, 2.45) is 0 Å². The molecule has 2 aromatic carbocycles. The van der Waals surface area contributed by atoms with Gasteiger partial charge >= 0.3 is 0 Å². The molecule has 0 saturated carbocycles. The van der Waals surface area contributed by atoms with Crippen molar-refractivity contribution in [3.8, 4) is 16.9 Å². The molecule has 0 atom stereocenters. The Balaban J connectivity index is 2.26. The van der Waals surface area contributed by atoms with Crippen LogP contribution in [-0.2, 0) is 6.61 Å². The first-order valence-electron chi connectivity index (χ1n) is 5.16. The third kappa shape index (κ3) is 1.32. The highest BCUT2D eigenvalue weighted by Gasteiger charge is 2.15. The molecule has 0 radical (unpaired) electrons. The molecule has 0 amide bonds. The monoisotopic (exact) mass is 196 g/mol. The highest BCUT2D eigenvalue weighted by atomic mass is 16.5. The van der Waals surface area contributed by atoms with Crippen LogP contribution in [-0.4, -0.2) is 0 Å². The van der Waals surface area contributed by atoms with Gasteiger partial charge in [-0.1, -0.05) is 36.4 Å². The predicted octanol–water partition coefficient (Wildman–Crippen LogP) is 3.55. The summed E-state index contributed by atoms with van der Waals surface area (Å²) in [6.07, 6.45) is 0. The van der Waals surface area contributed by atoms with E-state index in [1.54, 1.807) is 0 Å². The van der Waals surface area contributed by atoms with Crippen molar-refractivity contribution in [3.05, 3.63) is 53.6 Å². The Kier molecular flexibility index (Phi) is 1.78. The average Bonchev–Trinajstić information content (AvgIpc) is 2.28. The molecule has 1 heteroatoms. The lowest BCUT2D eigenvalue weighted by Gasteiger charge is -2.20. The maximum atomic E-state index is 5.73. The van der Waals surface area contributed by atoms with Crippen molar-refractivity contribution in [2.45, 2.75) is 13.5 Å². The molecule has 0 fully saturated rings. The van der Waals surface area contributed by atoms with Gasteiger partial charge in [0.15, 0.2) is 0 Å². The number of rotatable bonds is 0. The van der Waals surface area contributed by atoms with E-state index in [0.29, 0.717) is 6.61 Å². The van der Waals surface area contributed by atoms with Crippen molar-refractivity contribution in [3.63, 3.8) is 0 Å². The standard InChI is InChI=1S/C14H12O/c1-10-6-7-13-12-5-3-2-4-11(12)9-15-14(13)8-10/h2-8H,9H2,1H3. The smallest absolute Gasteiger partial charge is 0.127 e. The molecule has 1 aliphatic rings. The fourth-order valence-electron chi connectivity index (χ4n) is 2.04. The first-order chi connectivity index (χ1) is 7.34. The zero-order valence-electron chi connectivity index (χ0n) is 8.66. The first kappa shape index (κ1) is 8.54. The van der Waals surface area contributed by atoms with Crippen molar-refractivity contribution >= 4 is 0 Å². The fraction of sp³-hybridized carbons (Fsp3) is 0.143. The van der Waals surface area contributed by atoms with Crippen molar-refractivity contribution in [2.75, 3.05) is 0 Å². The number of fused-ring (bicyclic) bond motifs is 3. The Morgan fingerprint density at radius 3 is 2.80 bits per heavy atom. The van der Waals surface area contributed by atoms with Gasteiger partial charge in [0.05, 0.1) is 0 Å². The lowest BCUT2D eigenvalue weighted by Crippen LogP contribution is -2.05. The Morgan fingerprint density at radius 1 is 1.00 bits per heavy atom. The van der Waals surface area contributed by atoms with E-state index in [-0.39, 0.29) is 0 Å². The summed E-state index contributed by atoms with van der Waals surface area (Å²) in [5, 5.41) is 0. The van der Waals surface area contributed by atoms with E-state index >= 15 is 0 Å². The number of hydrogen-bond acceptors (Lipinski definition) is 1. The summed E-state index contributed by atoms with van der Waals surface area (Å²) in [5.41, 5.74) is 5.03. The van der Waals surface area contributed by atoms with Crippen molar-refractivity contribution < 1.29 is 4.74 Å². The number of ether oxygens (including phenoxy) is 1. The molecule has 0 aromatic heterocycles. The molecule has 1 nitrogen and oxygen atoms in total. The minimum atomic E-state index is 0.687. The first-order valence-corrected chi connectivity index (χ1v) is 5.16. The van der Waals surface area contributed by atoms with E-state index in [1.165, 1.54) is 22.3 Å². The molecule has 15 heavy (non-hydrogen) atoms. The van der Waals surface area contributed by atoms with Crippen molar-refractivity contribution in [1.29, 1.82) is 0 Å². The fourth-order valence-corrected chi connectivity index (χ4v) is 2.04. The minimum Gasteiger partial charge on any atom is -0.488 e. The zero-order valence-corrected chi connectivity index (χ0v) is 8.66. The minimum absolute atomic E-state index is 0.687. The van der Waals surface area contributed by atoms with Crippen LogP contribution in [0.1, 0.15) is 11.1 Å². The third-order valence-corrected chi connectivity index (χ3v) is 2.83. The maximum Gasteiger partial charge on any atom is 0.127 e. The van der Waals surface area contributed by atoms with Gasteiger partial charge in [0.1, 0.15) is 12.4 Å². The molecule has 0 aliphatic carbocycles. The molecule has 0 bridgehead atoms. The Morgan fingerprint density at radius 2 is 1.87 bits per heavy atom. The van der Waals surface area contributed by atoms with Gasteiger partial charge in [-0.15, -0.1) is 0 Å². The van der Waals surface area contributed by atoms with Crippen LogP contribution < -0.4 is 4.74 Å². The second-order valence-electron chi connectivity index (χ2n) is 3.95. The van der Waals surface area contributed by atoms with E-state index in [4.69, 9.17) is 4.74 Å². The SMILES string of the molecule is Cc1ccc2c(c1)OCc1ccccc1-2. The molecule has 3 rings (SSSR count). The van der Waals surface area contributed by atoms with Crippen LogP contribution >= 0.6 is 0 Å². The summed E-state index contributed by atoms with van der Waals surface area (Å²) in [7, 11) is 0. The van der Waals surface area contributed by atoms with Gasteiger partial charge in [-0.05, 0) is 29.7 Å². The van der Waals surface area contributed by atoms with E-state index in [9.17, 15) is 0 Å². The second-order valence-corrected chi connectivity index (χ2v) is 3.95. The zero-order chi connectivity index (χ0) is 10.3. The molecule has 0 saturated heterocycles. The van der Waals surface area contributed by atoms with Gasteiger partial charge in [0, 0.05) is 5.56 Å². The largest absolute Gasteiger partial charge is 0.488 e. The number of benzene rings is 2. The highest BCUT2D eigenvalue weighted by Crippen LogP contribution is 2.37. The molecule has 1 heterocycles. The summed E-state index contributed by atoms with van der Waals surface area (Å²) in [5.74, 6) is 1.01. The second kappa shape index (κ2) is 3.13. The molecule has 74 valence electrons. The van der Waals surface area contributed by atoms with Gasteiger partial charge in [-0.25, -0.2) is 0 Å². The van der Waals surface area contributed by atoms with E-state index in [2.05, 4.69) is 49.4 Å². The Hall–Kier alpha value is -1.76. The molecular weight excluding hydrogens is 184 g/mol. The normalized spacial score (nSPS) is 12.6. The van der Waals surface area contributed by atoms with Gasteiger partial charge < -0.3 is 4.74 Å². The third-order valence-electron chi connectivity index (χ3n) is 2.83. The lowest BCUT2D eigenvalue weighted by atomic mass is 9.96. The summed E-state index contributed by atoms with van der Waals surface area (Å²) in [6.45, 7) is 2.77. The Bertz CT molecular complexity index is 514. The summed E-state index contributed by atoms with van der Waals surface area (Å²) in [6, 6.07) is 14.8. The number of hydrogen-bond donors (Lipinski definition) is 0. The van der Waals surface area contributed by atoms with Gasteiger partial charge in [-0.2, -0.15) is 0 Å². The van der Waals surface area contributed by atoms with Crippen LogP contribution in [0, 0.1) is 6.92 Å². The maximum absolute atomic E-state index is 5.73. The molecule has 0 unspecified atom stereocenters. The van der Waals surface area contributed by atoms with E-state index in [0.717, 1.165) is 5.75 Å². The van der Waals surface area contributed by atoms with Crippen LogP contribution in [0.3, 0.4) is 0 Å². The van der Waals surface area contributed by atoms with Gasteiger partial charge in [0.25, 0.3) is 0 Å². The highest BCUT2D eigenvalue weighted by molar-refractivity contribution is 5.75. The van der Waals surface area contributed by atoms with Crippen LogP contribution in [0.4, 0.5) is 0 Å². The average molecular weight is 196 g/mol. The van der Waals surface area contributed by atoms with E-state index in [1.807, 2.05) is 0 Å². The summed E-state index contributed by atoms with van der Waals surface area (Å²) in [4.78, 5) is 0. The van der Waals surface area contributed by atoms with Gasteiger partial charge in [0.2, 0.25) is 0 Å². The quantitative estimate of drug-likeness (QED) is 0.626. The van der Waals surface area contributed by atoms with E-state index < -0.39 is 0 Å². The molecule has 1 aliphatic heterocycles. The van der Waals surface area contributed by atoms with Crippen LogP contribution in [0.2, 0.25) is 0 Å². The lowest BCUT2D eigenvalue weighted by molar-refractivity contribution is 0.302. The summed E-state index contributed by atoms with van der Waals surface area (Å²) < 4.78 is 5.73. The number of aryl methyl sites for hydroxylation is 1. The molecular formula is C14H12O. The predicted molar refractivity (Wildman–Crippen MR) is 60.9 cm³/mol. The van der Waals surface area contributed by atoms with Crippen LogP contribution in [0.5, 0.6) is 5.75 Å².